The minimum Gasteiger partial charge on any atom is -0.494 e. The van der Waals surface area contributed by atoms with Gasteiger partial charge in [-0.05, 0) is 43.7 Å². The zero-order valence-electron chi connectivity index (χ0n) is 17.4. The Morgan fingerprint density at radius 1 is 1.03 bits per heavy atom. The fraction of sp³-hybridized carbons (Fsp3) is 0.364. The van der Waals surface area contributed by atoms with Gasteiger partial charge in [-0.25, -0.2) is 0 Å². The molecule has 0 aliphatic rings. The zero-order chi connectivity index (χ0) is 20.2. The van der Waals surface area contributed by atoms with Crippen molar-refractivity contribution < 1.29 is 9.53 Å². The van der Waals surface area contributed by atoms with Crippen molar-refractivity contribution in [3.8, 4) is 5.75 Å². The topological polar surface area (TPSA) is 66.0 Å². The zero-order valence-corrected chi connectivity index (χ0v) is 19.7. The number of rotatable bonds is 9. The molecule has 0 unspecified atom stereocenters. The summed E-state index contributed by atoms with van der Waals surface area (Å²) in [4.78, 5) is 18.8. The summed E-state index contributed by atoms with van der Waals surface area (Å²) in [5.41, 5.74) is 1.83. The molecule has 158 valence electrons. The minimum absolute atomic E-state index is 0. The highest BCUT2D eigenvalue weighted by molar-refractivity contribution is 14.0. The maximum absolute atomic E-state index is 12.1. The number of carbonyl (C=O) groups excluding carboxylic acids is 1. The quantitative estimate of drug-likeness (QED) is 0.235. The van der Waals surface area contributed by atoms with Gasteiger partial charge in [0, 0.05) is 32.2 Å². The Kier molecular flexibility index (Phi) is 11.8. The lowest BCUT2D eigenvalue weighted by atomic mass is 10.2. The number of aliphatic imine (C=N–C) groups is 1. The van der Waals surface area contributed by atoms with Gasteiger partial charge in [0.25, 0.3) is 5.91 Å². The minimum atomic E-state index is -0.0801. The third kappa shape index (κ3) is 8.72. The molecule has 2 aromatic rings. The number of amides is 1. The lowest BCUT2D eigenvalue weighted by molar-refractivity contribution is 0.0955. The number of nitrogens with zero attached hydrogens (tertiary/aromatic N) is 2. The monoisotopic (exact) mass is 510 g/mol. The van der Waals surface area contributed by atoms with Crippen molar-refractivity contribution in [3.05, 3.63) is 65.7 Å². The van der Waals surface area contributed by atoms with Gasteiger partial charge in [0.15, 0.2) is 5.96 Å². The summed E-state index contributed by atoms with van der Waals surface area (Å²) >= 11 is 0. The molecule has 0 atom stereocenters. The third-order valence-corrected chi connectivity index (χ3v) is 4.05. The van der Waals surface area contributed by atoms with E-state index >= 15 is 0 Å². The van der Waals surface area contributed by atoms with Crippen molar-refractivity contribution >= 4 is 35.8 Å². The van der Waals surface area contributed by atoms with E-state index in [2.05, 4.69) is 32.7 Å². The van der Waals surface area contributed by atoms with E-state index in [4.69, 9.17) is 4.74 Å². The molecule has 0 saturated carbocycles. The Hall–Kier alpha value is -2.29. The smallest absolute Gasteiger partial charge is 0.251 e. The van der Waals surface area contributed by atoms with E-state index in [1.807, 2.05) is 51.2 Å². The van der Waals surface area contributed by atoms with E-state index in [1.165, 1.54) is 5.56 Å². The van der Waals surface area contributed by atoms with E-state index in [0.29, 0.717) is 25.3 Å². The van der Waals surface area contributed by atoms with Crippen LogP contribution in [0.2, 0.25) is 0 Å². The Morgan fingerprint density at radius 3 is 2.34 bits per heavy atom. The number of nitrogens with one attached hydrogen (secondary N) is 2. The van der Waals surface area contributed by atoms with Gasteiger partial charge in [0.2, 0.25) is 0 Å². The van der Waals surface area contributed by atoms with Crippen molar-refractivity contribution in [3.63, 3.8) is 0 Å². The van der Waals surface area contributed by atoms with Gasteiger partial charge < -0.3 is 20.3 Å². The van der Waals surface area contributed by atoms with Crippen LogP contribution in [0.15, 0.2) is 59.6 Å². The molecule has 6 nitrogen and oxygen atoms in total. The lowest BCUT2D eigenvalue weighted by Crippen LogP contribution is -2.39. The van der Waals surface area contributed by atoms with E-state index in [1.54, 1.807) is 12.1 Å². The van der Waals surface area contributed by atoms with Gasteiger partial charge >= 0.3 is 0 Å². The van der Waals surface area contributed by atoms with Crippen LogP contribution in [0, 0.1) is 0 Å². The van der Waals surface area contributed by atoms with Crippen LogP contribution in [0.3, 0.4) is 0 Å². The van der Waals surface area contributed by atoms with Crippen LogP contribution in [0.4, 0.5) is 0 Å². The summed E-state index contributed by atoms with van der Waals surface area (Å²) in [6.45, 7) is 7.18. The molecule has 0 spiro atoms. The molecule has 0 heterocycles. The van der Waals surface area contributed by atoms with Crippen LogP contribution < -0.4 is 15.4 Å². The van der Waals surface area contributed by atoms with Crippen LogP contribution in [0.25, 0.3) is 0 Å². The second-order valence-electron chi connectivity index (χ2n) is 6.29. The van der Waals surface area contributed by atoms with Crippen molar-refractivity contribution in [2.75, 3.05) is 33.3 Å². The molecule has 0 fully saturated rings. The summed E-state index contributed by atoms with van der Waals surface area (Å²) in [5, 5.41) is 6.19. The number of halogens is 1. The number of benzene rings is 2. The fourth-order valence-electron chi connectivity index (χ4n) is 2.70. The van der Waals surface area contributed by atoms with E-state index in [9.17, 15) is 4.79 Å². The van der Waals surface area contributed by atoms with Gasteiger partial charge in [0.1, 0.15) is 5.75 Å². The number of ether oxygens (including phenoxy) is 1. The second-order valence-corrected chi connectivity index (χ2v) is 6.29. The molecule has 2 N–H and O–H groups in total. The standard InChI is InChI=1S/C22H30N4O2.HI/c1-4-23-22(25-16-15-24-21(27)19-9-7-6-8-10-19)26(3)17-18-11-13-20(14-12-18)28-5-2;/h6-14H,4-5,15-17H2,1-3H3,(H,23,25)(H,24,27);1H. The Labute approximate surface area is 190 Å². The Morgan fingerprint density at radius 2 is 1.72 bits per heavy atom. The van der Waals surface area contributed by atoms with Crippen LogP contribution in [0.1, 0.15) is 29.8 Å². The van der Waals surface area contributed by atoms with Crippen LogP contribution in [0.5, 0.6) is 5.75 Å². The largest absolute Gasteiger partial charge is 0.494 e. The summed E-state index contributed by atoms with van der Waals surface area (Å²) < 4.78 is 5.48. The fourth-order valence-corrected chi connectivity index (χ4v) is 2.70. The average molecular weight is 510 g/mol. The molecule has 7 heteroatoms. The van der Waals surface area contributed by atoms with Crippen LogP contribution in [-0.4, -0.2) is 50.1 Å². The van der Waals surface area contributed by atoms with Crippen molar-refractivity contribution in [1.82, 2.24) is 15.5 Å². The maximum Gasteiger partial charge on any atom is 0.251 e. The second kappa shape index (κ2) is 13.8. The molecule has 0 aliphatic heterocycles. The first kappa shape index (κ1) is 24.7. The van der Waals surface area contributed by atoms with Crippen molar-refractivity contribution in [2.24, 2.45) is 4.99 Å². The molecule has 0 radical (unpaired) electrons. The van der Waals surface area contributed by atoms with Gasteiger partial charge in [-0.3, -0.25) is 9.79 Å². The molecule has 1 amide bonds. The Bertz CT molecular complexity index is 751. The summed E-state index contributed by atoms with van der Waals surface area (Å²) in [7, 11) is 2.00. The average Bonchev–Trinajstić information content (AvgIpc) is 2.72. The summed E-state index contributed by atoms with van der Waals surface area (Å²) in [6.07, 6.45) is 0. The lowest BCUT2D eigenvalue weighted by Gasteiger charge is -2.22. The van der Waals surface area contributed by atoms with Crippen LogP contribution in [-0.2, 0) is 6.54 Å². The number of guanidine groups is 1. The van der Waals surface area contributed by atoms with Crippen molar-refractivity contribution in [2.45, 2.75) is 20.4 Å². The third-order valence-electron chi connectivity index (χ3n) is 4.05. The predicted molar refractivity (Wildman–Crippen MR) is 129 cm³/mol. The number of hydrogen-bond donors (Lipinski definition) is 2. The highest BCUT2D eigenvalue weighted by Crippen LogP contribution is 2.13. The van der Waals surface area contributed by atoms with Gasteiger partial charge in [0.05, 0.1) is 13.2 Å². The summed E-state index contributed by atoms with van der Waals surface area (Å²) in [5.74, 6) is 1.61. The van der Waals surface area contributed by atoms with Crippen LogP contribution >= 0.6 is 24.0 Å². The van der Waals surface area contributed by atoms with E-state index in [-0.39, 0.29) is 29.9 Å². The maximum atomic E-state index is 12.1. The van der Waals surface area contributed by atoms with E-state index in [0.717, 1.165) is 24.8 Å². The first-order valence-corrected chi connectivity index (χ1v) is 9.68. The molecular formula is C22H31IN4O2. The molecule has 29 heavy (non-hydrogen) atoms. The number of carbonyl (C=O) groups is 1. The molecule has 0 aliphatic carbocycles. The van der Waals surface area contributed by atoms with E-state index < -0.39 is 0 Å². The first-order valence-electron chi connectivity index (χ1n) is 9.68. The molecule has 0 saturated heterocycles. The SMILES string of the molecule is CCNC(=NCCNC(=O)c1ccccc1)N(C)Cc1ccc(OCC)cc1.I. The Balaban J connectivity index is 0.00000420. The van der Waals surface area contributed by atoms with Gasteiger partial charge in [-0.1, -0.05) is 30.3 Å². The highest BCUT2D eigenvalue weighted by Gasteiger charge is 2.07. The number of hydrogen-bond acceptors (Lipinski definition) is 3. The highest BCUT2D eigenvalue weighted by atomic mass is 127. The van der Waals surface area contributed by atoms with Gasteiger partial charge in [-0.2, -0.15) is 0 Å². The van der Waals surface area contributed by atoms with Crippen molar-refractivity contribution in [1.29, 1.82) is 0 Å². The first-order chi connectivity index (χ1) is 13.6. The molecule has 2 aromatic carbocycles. The molecule has 0 bridgehead atoms. The molecule has 0 aromatic heterocycles. The molecular weight excluding hydrogens is 479 g/mol. The van der Waals surface area contributed by atoms with Gasteiger partial charge in [-0.15, -0.1) is 24.0 Å². The normalized spacial score (nSPS) is 10.7. The summed E-state index contributed by atoms with van der Waals surface area (Å²) in [6, 6.07) is 17.3. The molecule has 2 rings (SSSR count). The predicted octanol–water partition coefficient (Wildman–Crippen LogP) is 3.53.